The lowest BCUT2D eigenvalue weighted by atomic mass is 10.1. The largest absolute Gasteiger partial charge is 0.354 e. The van der Waals surface area contributed by atoms with Crippen molar-refractivity contribution >= 4 is 17.5 Å². The van der Waals surface area contributed by atoms with E-state index < -0.39 is 23.4 Å². The number of hydrogen-bond donors (Lipinski definition) is 4. The van der Waals surface area contributed by atoms with Crippen LogP contribution in [0.1, 0.15) is 18.4 Å². The molecule has 0 fully saturated rings. The molecule has 0 unspecified atom stereocenters. The van der Waals surface area contributed by atoms with Gasteiger partial charge in [0.05, 0.1) is 5.69 Å². The lowest BCUT2D eigenvalue weighted by Gasteiger charge is -2.22. The Kier molecular flexibility index (Phi) is 9.41. The van der Waals surface area contributed by atoms with Crippen LogP contribution in [0.15, 0.2) is 59.5 Å². The standard InChI is InChI=1S/C24H29F2N7O2/c25-20-8-5-18(15-21(20)26)29-23(34)30-22-9-14-33(24(35)31-22)19-6-3-17(4-7-19)16-32(12-1-10-27)13-2-11-28/h3-9,14-15H,1-2,10-13,16,27-28H2,(H2,29,30,31,34,35). The van der Waals surface area contributed by atoms with Gasteiger partial charge in [0.2, 0.25) is 0 Å². The van der Waals surface area contributed by atoms with E-state index in [1.807, 2.05) is 24.3 Å². The molecule has 1 heterocycles. The van der Waals surface area contributed by atoms with Crippen LogP contribution in [0.4, 0.5) is 25.1 Å². The van der Waals surface area contributed by atoms with Crippen molar-refractivity contribution in [2.24, 2.45) is 11.5 Å². The minimum atomic E-state index is -1.09. The summed E-state index contributed by atoms with van der Waals surface area (Å²) in [4.78, 5) is 30.8. The molecule has 0 saturated carbocycles. The highest BCUT2D eigenvalue weighted by Crippen LogP contribution is 2.14. The molecule has 0 aliphatic rings. The first kappa shape index (κ1) is 25.9. The van der Waals surface area contributed by atoms with E-state index in [-0.39, 0.29) is 11.5 Å². The maximum Gasteiger partial charge on any atom is 0.354 e. The summed E-state index contributed by atoms with van der Waals surface area (Å²) in [6.07, 6.45) is 3.30. The number of rotatable bonds is 11. The molecule has 3 rings (SSSR count). The molecular weight excluding hydrogens is 456 g/mol. The van der Waals surface area contributed by atoms with Crippen molar-refractivity contribution < 1.29 is 13.6 Å². The zero-order valence-electron chi connectivity index (χ0n) is 19.2. The molecule has 6 N–H and O–H groups in total. The van der Waals surface area contributed by atoms with Gasteiger partial charge >= 0.3 is 11.7 Å². The average Bonchev–Trinajstić information content (AvgIpc) is 2.84. The van der Waals surface area contributed by atoms with Gasteiger partial charge in [-0.25, -0.2) is 18.4 Å². The van der Waals surface area contributed by atoms with E-state index in [0.717, 1.165) is 50.2 Å². The van der Waals surface area contributed by atoms with Crippen LogP contribution in [0.25, 0.3) is 5.69 Å². The Hall–Kier alpha value is -3.67. The monoisotopic (exact) mass is 485 g/mol. The SMILES string of the molecule is NCCCN(CCCN)Cc1ccc(-n2ccc(NC(=O)Nc3ccc(F)c(F)c3)nc2=O)cc1. The maximum atomic E-state index is 13.3. The molecule has 35 heavy (non-hydrogen) atoms. The van der Waals surface area contributed by atoms with Crippen molar-refractivity contribution in [3.8, 4) is 5.69 Å². The third kappa shape index (κ3) is 7.67. The van der Waals surface area contributed by atoms with Gasteiger partial charge in [-0.05, 0) is 74.9 Å². The third-order valence-corrected chi connectivity index (χ3v) is 5.20. The van der Waals surface area contributed by atoms with Crippen molar-refractivity contribution in [3.63, 3.8) is 0 Å². The van der Waals surface area contributed by atoms with Crippen LogP contribution < -0.4 is 27.8 Å². The van der Waals surface area contributed by atoms with E-state index in [1.165, 1.54) is 22.9 Å². The number of anilines is 2. The predicted octanol–water partition coefficient (Wildman–Crippen LogP) is 2.65. The first-order chi connectivity index (χ1) is 16.9. The summed E-state index contributed by atoms with van der Waals surface area (Å²) >= 11 is 0. The van der Waals surface area contributed by atoms with Gasteiger partial charge in [0.1, 0.15) is 5.82 Å². The zero-order valence-corrected chi connectivity index (χ0v) is 19.2. The number of amides is 2. The summed E-state index contributed by atoms with van der Waals surface area (Å²) in [5.41, 5.74) is 12.5. The molecule has 2 aromatic carbocycles. The first-order valence-electron chi connectivity index (χ1n) is 11.2. The second-order valence-corrected chi connectivity index (χ2v) is 7.90. The third-order valence-electron chi connectivity index (χ3n) is 5.20. The van der Waals surface area contributed by atoms with Crippen molar-refractivity contribution in [2.45, 2.75) is 19.4 Å². The zero-order chi connectivity index (χ0) is 25.2. The highest BCUT2D eigenvalue weighted by molar-refractivity contribution is 5.99. The van der Waals surface area contributed by atoms with E-state index in [0.29, 0.717) is 18.8 Å². The smallest absolute Gasteiger partial charge is 0.330 e. The molecule has 2 amide bonds. The molecule has 0 aliphatic heterocycles. The fourth-order valence-electron chi connectivity index (χ4n) is 3.44. The second-order valence-electron chi connectivity index (χ2n) is 7.90. The Bertz CT molecular complexity index is 1180. The number of nitrogens with zero attached hydrogens (tertiary/aromatic N) is 3. The normalized spacial score (nSPS) is 11.0. The van der Waals surface area contributed by atoms with Gasteiger partial charge in [0.15, 0.2) is 11.6 Å². The van der Waals surface area contributed by atoms with Crippen LogP contribution in [0, 0.1) is 11.6 Å². The van der Waals surface area contributed by atoms with E-state index in [1.54, 1.807) is 0 Å². The lowest BCUT2D eigenvalue weighted by molar-refractivity contribution is 0.262. The summed E-state index contributed by atoms with van der Waals surface area (Å²) in [5, 5.41) is 4.74. The Labute approximate surface area is 201 Å². The Balaban J connectivity index is 1.63. The second kappa shape index (κ2) is 12.7. The molecule has 0 spiro atoms. The number of aromatic nitrogens is 2. The van der Waals surface area contributed by atoms with Gasteiger partial charge in [0.25, 0.3) is 0 Å². The van der Waals surface area contributed by atoms with Gasteiger partial charge in [-0.2, -0.15) is 4.98 Å². The average molecular weight is 486 g/mol. The molecule has 186 valence electrons. The van der Waals surface area contributed by atoms with Crippen molar-refractivity contribution in [2.75, 3.05) is 36.8 Å². The van der Waals surface area contributed by atoms with Crippen LogP contribution in [-0.4, -0.2) is 46.7 Å². The molecule has 0 bridgehead atoms. The van der Waals surface area contributed by atoms with Gasteiger partial charge in [-0.1, -0.05) is 12.1 Å². The fourth-order valence-corrected chi connectivity index (χ4v) is 3.44. The Morgan fingerprint density at radius 2 is 1.63 bits per heavy atom. The number of nitrogens with two attached hydrogens (primary N) is 2. The number of halogens is 2. The van der Waals surface area contributed by atoms with Gasteiger partial charge in [0, 0.05) is 24.5 Å². The highest BCUT2D eigenvalue weighted by atomic mass is 19.2. The number of carbonyl (C=O) groups is 1. The molecule has 11 heteroatoms. The van der Waals surface area contributed by atoms with E-state index in [4.69, 9.17) is 11.5 Å². The number of hydrogen-bond acceptors (Lipinski definition) is 6. The Morgan fingerprint density at radius 3 is 2.23 bits per heavy atom. The number of benzene rings is 2. The molecule has 3 aromatic rings. The maximum absolute atomic E-state index is 13.3. The van der Waals surface area contributed by atoms with E-state index in [9.17, 15) is 18.4 Å². The van der Waals surface area contributed by atoms with E-state index >= 15 is 0 Å². The molecule has 0 saturated heterocycles. The summed E-state index contributed by atoms with van der Waals surface area (Å²) in [6, 6.07) is 11.2. The number of urea groups is 1. The van der Waals surface area contributed by atoms with Gasteiger partial charge < -0.3 is 16.8 Å². The van der Waals surface area contributed by atoms with Crippen molar-refractivity contribution in [1.29, 1.82) is 0 Å². The van der Waals surface area contributed by atoms with Crippen molar-refractivity contribution in [1.82, 2.24) is 14.5 Å². The minimum Gasteiger partial charge on any atom is -0.330 e. The molecule has 1 aromatic heterocycles. The molecule has 0 radical (unpaired) electrons. The molecule has 9 nitrogen and oxygen atoms in total. The lowest BCUT2D eigenvalue weighted by Crippen LogP contribution is -2.28. The van der Waals surface area contributed by atoms with E-state index in [2.05, 4.69) is 20.5 Å². The topological polar surface area (TPSA) is 131 Å². The minimum absolute atomic E-state index is 0.0124. The summed E-state index contributed by atoms with van der Waals surface area (Å²) in [6.45, 7) is 3.79. The van der Waals surface area contributed by atoms with Crippen LogP contribution in [-0.2, 0) is 6.54 Å². The molecular formula is C24H29F2N7O2. The summed E-state index contributed by atoms with van der Waals surface area (Å²) < 4.78 is 27.6. The van der Waals surface area contributed by atoms with Gasteiger partial charge in [-0.15, -0.1) is 0 Å². The number of nitrogens with one attached hydrogen (secondary N) is 2. The quantitative estimate of drug-likeness (QED) is 0.330. The summed E-state index contributed by atoms with van der Waals surface area (Å²) in [7, 11) is 0. The van der Waals surface area contributed by atoms with Crippen LogP contribution in [0.5, 0.6) is 0 Å². The molecule has 0 atom stereocenters. The van der Waals surface area contributed by atoms with Crippen LogP contribution in [0.3, 0.4) is 0 Å². The van der Waals surface area contributed by atoms with Crippen LogP contribution >= 0.6 is 0 Å². The predicted molar refractivity (Wildman–Crippen MR) is 131 cm³/mol. The Morgan fingerprint density at radius 1 is 0.943 bits per heavy atom. The van der Waals surface area contributed by atoms with Gasteiger partial charge in [-0.3, -0.25) is 14.8 Å². The highest BCUT2D eigenvalue weighted by Gasteiger charge is 2.10. The number of carbonyl (C=O) groups excluding carboxylic acids is 1. The molecule has 0 aliphatic carbocycles. The first-order valence-corrected chi connectivity index (χ1v) is 11.2. The van der Waals surface area contributed by atoms with Crippen molar-refractivity contribution in [3.05, 3.63) is 82.4 Å². The summed E-state index contributed by atoms with van der Waals surface area (Å²) in [5.74, 6) is -2.10. The van der Waals surface area contributed by atoms with Crippen LogP contribution in [0.2, 0.25) is 0 Å². The fraction of sp³-hybridized carbons (Fsp3) is 0.292.